The number of halogens is 1. The average Bonchev–Trinajstić information content (AvgIpc) is 2.68. The Morgan fingerprint density at radius 1 is 1.22 bits per heavy atom. The van der Waals surface area contributed by atoms with Crippen LogP contribution in [0, 0.1) is 6.92 Å². The van der Waals surface area contributed by atoms with E-state index in [2.05, 4.69) is 32.2 Å². The summed E-state index contributed by atoms with van der Waals surface area (Å²) in [4.78, 5) is 1.41. The molecule has 0 aliphatic carbocycles. The molecule has 18 heavy (non-hydrogen) atoms. The lowest BCUT2D eigenvalue weighted by atomic mass is 10.1. The van der Waals surface area contributed by atoms with Crippen LogP contribution in [0.1, 0.15) is 68.9 Å². The Labute approximate surface area is 121 Å². The van der Waals surface area contributed by atoms with E-state index in [1.165, 1.54) is 49.0 Å². The molecule has 1 atom stereocenters. The number of unbranched alkanes of at least 4 members (excludes halogenated alkanes) is 3. The van der Waals surface area contributed by atoms with Crippen molar-refractivity contribution in [3.63, 3.8) is 0 Å². The van der Waals surface area contributed by atoms with Crippen molar-refractivity contribution in [3.8, 4) is 0 Å². The molecule has 0 saturated carbocycles. The minimum absolute atomic E-state index is 0.498. The molecule has 0 aliphatic rings. The molecule has 1 unspecified atom stereocenters. The summed E-state index contributed by atoms with van der Waals surface area (Å²) in [6.45, 7) is 7.66. The smallest absolute Gasteiger partial charge is 0.0960 e. The zero-order valence-corrected chi connectivity index (χ0v) is 13.5. The van der Waals surface area contributed by atoms with Crippen LogP contribution >= 0.6 is 22.9 Å². The summed E-state index contributed by atoms with van der Waals surface area (Å²) >= 11 is 7.92. The van der Waals surface area contributed by atoms with Crippen LogP contribution < -0.4 is 5.32 Å². The summed E-state index contributed by atoms with van der Waals surface area (Å²) in [6, 6.07) is 2.75. The van der Waals surface area contributed by atoms with Crippen molar-refractivity contribution in [1.29, 1.82) is 0 Å². The first-order valence-corrected chi connectivity index (χ1v) is 8.37. The van der Waals surface area contributed by atoms with Gasteiger partial charge in [0, 0.05) is 10.9 Å². The lowest BCUT2D eigenvalue weighted by molar-refractivity contribution is 0.476. The van der Waals surface area contributed by atoms with Crippen molar-refractivity contribution in [2.45, 2.75) is 65.3 Å². The van der Waals surface area contributed by atoms with Gasteiger partial charge in [0.25, 0.3) is 0 Å². The van der Waals surface area contributed by atoms with Gasteiger partial charge in [0.1, 0.15) is 0 Å². The molecule has 3 heteroatoms. The van der Waals surface area contributed by atoms with Crippen LogP contribution in [0.15, 0.2) is 6.07 Å². The molecule has 0 saturated heterocycles. The fourth-order valence-electron chi connectivity index (χ4n) is 2.09. The minimum atomic E-state index is 0.498. The van der Waals surface area contributed by atoms with Gasteiger partial charge in [-0.05, 0) is 37.9 Å². The van der Waals surface area contributed by atoms with Gasteiger partial charge < -0.3 is 5.32 Å². The van der Waals surface area contributed by atoms with Gasteiger partial charge >= 0.3 is 0 Å². The van der Waals surface area contributed by atoms with Gasteiger partial charge in [0.2, 0.25) is 0 Å². The van der Waals surface area contributed by atoms with E-state index >= 15 is 0 Å². The summed E-state index contributed by atoms with van der Waals surface area (Å²) < 4.78 is 0.946. The molecular formula is C15H26ClNS. The molecule has 104 valence electrons. The fourth-order valence-corrected chi connectivity index (χ4v) is 3.42. The summed E-state index contributed by atoms with van der Waals surface area (Å²) in [7, 11) is 0. The van der Waals surface area contributed by atoms with Gasteiger partial charge in [-0.15, -0.1) is 11.3 Å². The van der Waals surface area contributed by atoms with Gasteiger partial charge in [-0.3, -0.25) is 0 Å². The second-order valence-corrected chi connectivity index (χ2v) is 6.65. The highest BCUT2D eigenvalue weighted by atomic mass is 35.5. The highest BCUT2D eigenvalue weighted by Crippen LogP contribution is 2.33. The lowest BCUT2D eigenvalue weighted by Gasteiger charge is -2.17. The van der Waals surface area contributed by atoms with Crippen LogP contribution in [-0.2, 0) is 0 Å². The van der Waals surface area contributed by atoms with Crippen molar-refractivity contribution in [3.05, 3.63) is 20.8 Å². The van der Waals surface area contributed by atoms with Crippen LogP contribution in [0.2, 0.25) is 4.34 Å². The van der Waals surface area contributed by atoms with E-state index in [1.54, 1.807) is 11.3 Å². The van der Waals surface area contributed by atoms with E-state index in [1.807, 2.05) is 0 Å². The van der Waals surface area contributed by atoms with Gasteiger partial charge in [0.15, 0.2) is 0 Å². The predicted octanol–water partition coefficient (Wildman–Crippen LogP) is 5.72. The molecule has 0 fully saturated rings. The maximum atomic E-state index is 6.18. The maximum Gasteiger partial charge on any atom is 0.0960 e. The molecule has 1 nitrogen and oxygen atoms in total. The van der Waals surface area contributed by atoms with Crippen molar-refractivity contribution in [1.82, 2.24) is 5.32 Å². The Hall–Kier alpha value is -0.0500. The quantitative estimate of drug-likeness (QED) is 0.573. The third kappa shape index (κ3) is 5.29. The second-order valence-electron chi connectivity index (χ2n) is 4.96. The Kier molecular flexibility index (Phi) is 7.96. The van der Waals surface area contributed by atoms with Gasteiger partial charge in [-0.25, -0.2) is 0 Å². The van der Waals surface area contributed by atoms with Crippen molar-refractivity contribution < 1.29 is 0 Å². The summed E-state index contributed by atoms with van der Waals surface area (Å²) in [5, 5.41) is 3.65. The van der Waals surface area contributed by atoms with E-state index in [4.69, 9.17) is 11.6 Å². The second kappa shape index (κ2) is 8.95. The van der Waals surface area contributed by atoms with Crippen LogP contribution in [0.25, 0.3) is 0 Å². The Bertz CT molecular complexity index is 316. The third-order valence-corrected chi connectivity index (χ3v) is 4.88. The zero-order chi connectivity index (χ0) is 13.4. The largest absolute Gasteiger partial charge is 0.309 e. The Balaban J connectivity index is 2.54. The van der Waals surface area contributed by atoms with E-state index in [0.29, 0.717) is 6.04 Å². The Morgan fingerprint density at radius 3 is 2.56 bits per heavy atom. The Morgan fingerprint density at radius 2 is 2.00 bits per heavy atom. The molecule has 0 spiro atoms. The molecule has 0 radical (unpaired) electrons. The van der Waals surface area contributed by atoms with Gasteiger partial charge in [0.05, 0.1) is 4.34 Å². The highest BCUT2D eigenvalue weighted by molar-refractivity contribution is 7.16. The number of hydrogen-bond acceptors (Lipinski definition) is 2. The van der Waals surface area contributed by atoms with Gasteiger partial charge in [-0.2, -0.15) is 0 Å². The number of hydrogen-bond donors (Lipinski definition) is 1. The monoisotopic (exact) mass is 287 g/mol. The first-order chi connectivity index (χ1) is 8.69. The van der Waals surface area contributed by atoms with Crippen molar-refractivity contribution in [2.24, 2.45) is 0 Å². The molecule has 1 aromatic heterocycles. The van der Waals surface area contributed by atoms with Gasteiger partial charge in [-0.1, -0.05) is 51.1 Å². The number of aryl methyl sites for hydroxylation is 1. The van der Waals surface area contributed by atoms with Crippen LogP contribution in [0.5, 0.6) is 0 Å². The maximum absolute atomic E-state index is 6.18. The molecule has 1 rings (SSSR count). The summed E-state index contributed by atoms with van der Waals surface area (Å²) in [5.41, 5.74) is 1.22. The zero-order valence-electron chi connectivity index (χ0n) is 11.9. The molecule has 0 amide bonds. The van der Waals surface area contributed by atoms with Crippen LogP contribution in [0.4, 0.5) is 0 Å². The predicted molar refractivity (Wildman–Crippen MR) is 83.9 cm³/mol. The van der Waals surface area contributed by atoms with E-state index in [9.17, 15) is 0 Å². The number of nitrogens with one attached hydrogen (secondary N) is 1. The normalized spacial score (nSPS) is 12.9. The number of thiophene rings is 1. The molecule has 0 aliphatic heterocycles. The molecule has 0 bridgehead atoms. The molecule has 1 heterocycles. The molecule has 0 aromatic carbocycles. The third-order valence-electron chi connectivity index (χ3n) is 3.21. The standard InChI is InChI=1S/C15H26ClNS/c1-4-6-7-8-9-13(17-10-5-2)14-11-12(3)15(16)18-14/h11,13,17H,4-10H2,1-3H3. The van der Waals surface area contributed by atoms with Crippen LogP contribution in [-0.4, -0.2) is 6.54 Å². The average molecular weight is 288 g/mol. The van der Waals surface area contributed by atoms with E-state index in [-0.39, 0.29) is 0 Å². The number of rotatable bonds is 9. The molecular weight excluding hydrogens is 262 g/mol. The first-order valence-electron chi connectivity index (χ1n) is 7.18. The minimum Gasteiger partial charge on any atom is -0.309 e. The SMILES string of the molecule is CCCCCCC(NCCC)c1cc(C)c(Cl)s1. The molecule has 1 N–H and O–H groups in total. The fraction of sp³-hybridized carbons (Fsp3) is 0.733. The molecule has 1 aromatic rings. The lowest BCUT2D eigenvalue weighted by Crippen LogP contribution is -2.21. The first kappa shape index (κ1) is 16.0. The highest BCUT2D eigenvalue weighted by Gasteiger charge is 2.14. The van der Waals surface area contributed by atoms with Crippen LogP contribution in [0.3, 0.4) is 0 Å². The van der Waals surface area contributed by atoms with Crippen molar-refractivity contribution in [2.75, 3.05) is 6.54 Å². The summed E-state index contributed by atoms with van der Waals surface area (Å²) in [5.74, 6) is 0. The summed E-state index contributed by atoms with van der Waals surface area (Å²) in [6.07, 6.45) is 7.73. The topological polar surface area (TPSA) is 12.0 Å². The van der Waals surface area contributed by atoms with E-state index < -0.39 is 0 Å². The van der Waals surface area contributed by atoms with Crippen molar-refractivity contribution >= 4 is 22.9 Å². The van der Waals surface area contributed by atoms with E-state index in [0.717, 1.165) is 10.9 Å².